The number of benzene rings is 1. The molecule has 28 heavy (non-hydrogen) atoms. The van der Waals surface area contributed by atoms with Gasteiger partial charge in [-0.2, -0.15) is 0 Å². The number of nitrogens with zero attached hydrogens (tertiary/aromatic N) is 4. The summed E-state index contributed by atoms with van der Waals surface area (Å²) in [5.41, 5.74) is 2.69. The summed E-state index contributed by atoms with van der Waals surface area (Å²) in [6.45, 7) is 2.53. The van der Waals surface area contributed by atoms with E-state index in [1.165, 1.54) is 11.8 Å². The summed E-state index contributed by atoms with van der Waals surface area (Å²) in [7, 11) is 3.92. The molecule has 3 heterocycles. The fourth-order valence-corrected chi connectivity index (χ4v) is 4.58. The molecular weight excluding hydrogens is 392 g/mol. The molecule has 0 aliphatic carbocycles. The Hall–Kier alpha value is -2.57. The molecule has 1 amide bonds. The standard InChI is InChI=1S/C21H20ClN4OS/c1-4-26-20(27)19(17-7-5-6-11-24(17)2)28-21(26)23-16-10-12-25(3)18-13-14(22)8-9-15(16)18/h5-13H,4H2,1-3H3/q+1/b19-17-. The molecule has 5 nitrogen and oxygen atoms in total. The van der Waals surface area contributed by atoms with E-state index in [1.54, 1.807) is 4.90 Å². The number of hydrogen-bond acceptors (Lipinski definition) is 4. The minimum absolute atomic E-state index is 0.0121. The Bertz CT molecular complexity index is 1100. The van der Waals surface area contributed by atoms with Crippen molar-refractivity contribution in [3.05, 3.63) is 70.5 Å². The van der Waals surface area contributed by atoms with Crippen LogP contribution in [0.15, 0.2) is 70.5 Å². The maximum absolute atomic E-state index is 13.0. The van der Waals surface area contributed by atoms with Gasteiger partial charge >= 0.3 is 0 Å². The second kappa shape index (κ2) is 7.45. The van der Waals surface area contributed by atoms with Crippen molar-refractivity contribution in [3.8, 4) is 0 Å². The number of rotatable bonds is 2. The molecule has 7 heteroatoms. The predicted octanol–water partition coefficient (Wildman–Crippen LogP) is 4.13. The third-order valence-corrected chi connectivity index (χ3v) is 6.07. The molecule has 2 aliphatic heterocycles. The molecule has 1 fully saturated rings. The van der Waals surface area contributed by atoms with Crippen LogP contribution in [0.3, 0.4) is 0 Å². The maximum Gasteiger partial charge on any atom is 0.268 e. The number of aromatic nitrogens is 1. The van der Waals surface area contributed by atoms with Gasteiger partial charge in [-0.1, -0.05) is 17.7 Å². The lowest BCUT2D eigenvalue weighted by molar-refractivity contribution is -0.644. The van der Waals surface area contributed by atoms with Gasteiger partial charge < -0.3 is 4.90 Å². The zero-order valence-corrected chi connectivity index (χ0v) is 17.5. The van der Waals surface area contributed by atoms with Crippen molar-refractivity contribution in [2.24, 2.45) is 12.0 Å². The Labute approximate surface area is 173 Å². The minimum Gasteiger partial charge on any atom is -0.350 e. The van der Waals surface area contributed by atoms with E-state index in [4.69, 9.17) is 16.6 Å². The van der Waals surface area contributed by atoms with Crippen molar-refractivity contribution in [3.63, 3.8) is 0 Å². The van der Waals surface area contributed by atoms with Gasteiger partial charge in [0.05, 0.1) is 16.8 Å². The van der Waals surface area contributed by atoms with Crippen LogP contribution in [0.4, 0.5) is 5.69 Å². The van der Waals surface area contributed by atoms with E-state index in [0.717, 1.165) is 22.3 Å². The van der Waals surface area contributed by atoms with E-state index >= 15 is 0 Å². The lowest BCUT2D eigenvalue weighted by Crippen LogP contribution is -2.29. The van der Waals surface area contributed by atoms with Crippen LogP contribution in [0.1, 0.15) is 6.92 Å². The molecule has 0 radical (unpaired) electrons. The largest absolute Gasteiger partial charge is 0.350 e. The fraction of sp³-hybridized carbons (Fsp3) is 0.190. The normalized spacial score (nSPS) is 20.9. The predicted molar refractivity (Wildman–Crippen MR) is 115 cm³/mol. The van der Waals surface area contributed by atoms with E-state index in [1.807, 2.05) is 85.4 Å². The Morgan fingerprint density at radius 1 is 1.25 bits per heavy atom. The number of carbonyl (C=O) groups is 1. The Balaban J connectivity index is 1.82. The summed E-state index contributed by atoms with van der Waals surface area (Å²) in [6.07, 6.45) is 9.74. The highest BCUT2D eigenvalue weighted by atomic mass is 35.5. The molecule has 1 aromatic carbocycles. The number of likely N-dealkylation sites (N-methyl/N-ethyl adjacent to an activating group) is 2. The van der Waals surface area contributed by atoms with Crippen LogP contribution in [0, 0.1) is 0 Å². The van der Waals surface area contributed by atoms with Crippen LogP contribution in [-0.2, 0) is 11.8 Å². The number of fused-ring (bicyclic) bond motifs is 1. The van der Waals surface area contributed by atoms with Crippen LogP contribution >= 0.6 is 23.4 Å². The average Bonchev–Trinajstić information content (AvgIpc) is 2.99. The zero-order chi connectivity index (χ0) is 19.8. The summed E-state index contributed by atoms with van der Waals surface area (Å²) in [6, 6.07) is 7.71. The second-order valence-electron chi connectivity index (χ2n) is 6.55. The summed E-state index contributed by atoms with van der Waals surface area (Å²) in [5, 5.41) is 2.36. The number of thioether (sulfide) groups is 1. The van der Waals surface area contributed by atoms with Crippen LogP contribution in [-0.4, -0.2) is 34.5 Å². The van der Waals surface area contributed by atoms with Crippen molar-refractivity contribution in [1.82, 2.24) is 9.80 Å². The first-order chi connectivity index (χ1) is 13.5. The first kappa shape index (κ1) is 18.8. The number of hydrogen-bond donors (Lipinski definition) is 0. The van der Waals surface area contributed by atoms with Crippen molar-refractivity contribution in [2.45, 2.75) is 6.92 Å². The molecule has 1 saturated heterocycles. The summed E-state index contributed by atoms with van der Waals surface area (Å²) >= 11 is 7.59. The Morgan fingerprint density at radius 2 is 2.07 bits per heavy atom. The molecule has 2 aliphatic rings. The SMILES string of the molecule is CCN1C(=O)/C(=C2\C=CC=CN2C)SC1=Nc1cc[n+](C)c2cc(Cl)ccc12. The third-order valence-electron chi connectivity index (χ3n) is 4.76. The van der Waals surface area contributed by atoms with Gasteiger partial charge in [-0.05, 0) is 43.0 Å². The van der Waals surface area contributed by atoms with Crippen LogP contribution in [0.5, 0.6) is 0 Å². The number of halogens is 1. The molecular formula is C21H20ClN4OS+. The first-order valence-corrected chi connectivity index (χ1v) is 10.2. The summed E-state index contributed by atoms with van der Waals surface area (Å²) in [4.78, 5) is 22.2. The van der Waals surface area contributed by atoms with E-state index in [9.17, 15) is 4.79 Å². The lowest BCUT2D eigenvalue weighted by Gasteiger charge is -2.19. The first-order valence-electron chi connectivity index (χ1n) is 8.98. The quantitative estimate of drug-likeness (QED) is 0.551. The maximum atomic E-state index is 13.0. The van der Waals surface area contributed by atoms with Gasteiger partial charge in [-0.15, -0.1) is 0 Å². The molecule has 4 rings (SSSR count). The number of aryl methyl sites for hydroxylation is 1. The van der Waals surface area contributed by atoms with Gasteiger partial charge in [-0.3, -0.25) is 9.69 Å². The lowest BCUT2D eigenvalue weighted by atomic mass is 10.2. The van der Waals surface area contributed by atoms with Crippen LogP contribution in [0.25, 0.3) is 10.9 Å². The van der Waals surface area contributed by atoms with Crippen molar-refractivity contribution < 1.29 is 9.36 Å². The third kappa shape index (κ3) is 3.23. The molecule has 0 unspecified atom stereocenters. The van der Waals surface area contributed by atoms with E-state index in [0.29, 0.717) is 21.6 Å². The highest BCUT2D eigenvalue weighted by Crippen LogP contribution is 2.37. The average molecular weight is 412 g/mol. The van der Waals surface area contributed by atoms with Crippen molar-refractivity contribution >= 4 is 51.0 Å². The minimum atomic E-state index is -0.0121. The van der Waals surface area contributed by atoms with Gasteiger partial charge in [0.1, 0.15) is 12.0 Å². The number of pyridine rings is 1. The zero-order valence-electron chi connectivity index (χ0n) is 15.9. The number of aliphatic imine (C=N–C) groups is 1. The number of amidine groups is 1. The van der Waals surface area contributed by atoms with Gasteiger partial charge in [0.25, 0.3) is 5.91 Å². The number of amides is 1. The molecule has 1 aromatic heterocycles. The molecule has 0 atom stereocenters. The molecule has 0 N–H and O–H groups in total. The second-order valence-corrected chi connectivity index (χ2v) is 7.96. The van der Waals surface area contributed by atoms with Crippen molar-refractivity contribution in [1.29, 1.82) is 0 Å². The molecule has 142 valence electrons. The molecule has 0 bridgehead atoms. The molecule has 0 saturated carbocycles. The fourth-order valence-electron chi connectivity index (χ4n) is 3.25. The Kier molecular flexibility index (Phi) is 5.00. The van der Waals surface area contributed by atoms with Crippen molar-refractivity contribution in [2.75, 3.05) is 13.6 Å². The number of allylic oxidation sites excluding steroid dienone is 3. The number of carbonyl (C=O) groups excluding carboxylic acids is 1. The van der Waals surface area contributed by atoms with Crippen LogP contribution in [0.2, 0.25) is 5.02 Å². The topological polar surface area (TPSA) is 39.8 Å². The van der Waals surface area contributed by atoms with Crippen LogP contribution < -0.4 is 4.57 Å². The molecule has 2 aromatic rings. The highest BCUT2D eigenvalue weighted by molar-refractivity contribution is 8.18. The smallest absolute Gasteiger partial charge is 0.268 e. The van der Waals surface area contributed by atoms with E-state index < -0.39 is 0 Å². The highest BCUT2D eigenvalue weighted by Gasteiger charge is 2.35. The summed E-state index contributed by atoms with van der Waals surface area (Å²) < 4.78 is 2.01. The van der Waals surface area contributed by atoms with Gasteiger partial charge in [0, 0.05) is 36.9 Å². The monoisotopic (exact) mass is 411 g/mol. The summed E-state index contributed by atoms with van der Waals surface area (Å²) in [5.74, 6) is -0.0121. The van der Waals surface area contributed by atoms with E-state index in [-0.39, 0.29) is 5.91 Å². The van der Waals surface area contributed by atoms with Gasteiger partial charge in [0.2, 0.25) is 5.52 Å². The van der Waals surface area contributed by atoms with Gasteiger partial charge in [0.15, 0.2) is 11.4 Å². The molecule has 0 spiro atoms. The van der Waals surface area contributed by atoms with E-state index in [2.05, 4.69) is 0 Å². The Morgan fingerprint density at radius 3 is 2.82 bits per heavy atom. The van der Waals surface area contributed by atoms with Gasteiger partial charge in [-0.25, -0.2) is 9.56 Å².